The minimum Gasteiger partial charge on any atom is -0.389 e. The first kappa shape index (κ1) is 14.0. The Bertz CT molecular complexity index is 447. The molecule has 2 N–H and O–H groups in total. The van der Waals surface area contributed by atoms with Gasteiger partial charge < -0.3 is 10.2 Å². The first-order chi connectivity index (χ1) is 8.10. The number of rotatable bonds is 0. The molecular formula is C15H21BrO2. The second-order valence-corrected chi connectivity index (χ2v) is 7.33. The quantitative estimate of drug-likeness (QED) is 0.773. The van der Waals surface area contributed by atoms with Gasteiger partial charge in [-0.05, 0) is 29.7 Å². The molecule has 0 fully saturated rings. The van der Waals surface area contributed by atoms with Gasteiger partial charge in [0.1, 0.15) is 0 Å². The van der Waals surface area contributed by atoms with E-state index in [4.69, 9.17) is 0 Å². The van der Waals surface area contributed by atoms with Crippen molar-refractivity contribution < 1.29 is 10.2 Å². The Morgan fingerprint density at radius 3 is 1.78 bits per heavy atom. The normalized spacial score (nSPS) is 28.9. The Balaban J connectivity index is 2.78. The molecule has 0 radical (unpaired) electrons. The van der Waals surface area contributed by atoms with Gasteiger partial charge in [-0.3, -0.25) is 0 Å². The smallest absolute Gasteiger partial charge is 0.0898 e. The fourth-order valence-electron chi connectivity index (χ4n) is 2.86. The largest absolute Gasteiger partial charge is 0.389 e. The van der Waals surface area contributed by atoms with Crippen LogP contribution in [0.5, 0.6) is 0 Å². The van der Waals surface area contributed by atoms with E-state index in [1.54, 1.807) is 0 Å². The monoisotopic (exact) mass is 312 g/mol. The lowest BCUT2D eigenvalue weighted by Crippen LogP contribution is -2.56. The maximum Gasteiger partial charge on any atom is 0.0898 e. The summed E-state index contributed by atoms with van der Waals surface area (Å²) in [5.74, 6) is 0. The molecule has 0 aliphatic heterocycles. The van der Waals surface area contributed by atoms with Crippen LogP contribution in [0.25, 0.3) is 0 Å². The number of fused-ring (bicyclic) bond motifs is 1. The topological polar surface area (TPSA) is 40.5 Å². The Morgan fingerprint density at radius 1 is 0.944 bits per heavy atom. The molecule has 0 amide bonds. The van der Waals surface area contributed by atoms with Crippen molar-refractivity contribution in [2.45, 2.75) is 57.7 Å². The van der Waals surface area contributed by atoms with Crippen LogP contribution in [0.4, 0.5) is 0 Å². The highest BCUT2D eigenvalue weighted by Crippen LogP contribution is 2.47. The summed E-state index contributed by atoms with van der Waals surface area (Å²) >= 11 is 3.55. The SMILES string of the molecule is Cc1cc2c(cc1Br)C(C)(C)[C@H](O)[C@@H](O)C2(C)C. The second kappa shape index (κ2) is 4.06. The maximum atomic E-state index is 10.4. The van der Waals surface area contributed by atoms with E-state index in [9.17, 15) is 10.2 Å². The summed E-state index contributed by atoms with van der Waals surface area (Å²) in [6.07, 6.45) is -1.50. The number of aliphatic hydroxyl groups excluding tert-OH is 2. The van der Waals surface area contributed by atoms with E-state index in [1.807, 2.05) is 34.6 Å². The predicted octanol–water partition coefficient (Wildman–Crippen LogP) is 3.05. The molecule has 0 saturated heterocycles. The van der Waals surface area contributed by atoms with E-state index in [-0.39, 0.29) is 0 Å². The van der Waals surface area contributed by atoms with Crippen LogP contribution in [0.1, 0.15) is 44.4 Å². The van der Waals surface area contributed by atoms with Crippen LogP contribution in [-0.4, -0.2) is 22.4 Å². The summed E-state index contributed by atoms with van der Waals surface area (Å²) in [6.45, 7) is 9.99. The molecule has 0 unspecified atom stereocenters. The highest BCUT2D eigenvalue weighted by molar-refractivity contribution is 9.10. The van der Waals surface area contributed by atoms with E-state index < -0.39 is 23.0 Å². The number of aryl methyl sites for hydroxylation is 1. The van der Waals surface area contributed by atoms with E-state index in [2.05, 4.69) is 28.1 Å². The molecule has 1 aliphatic rings. The highest BCUT2D eigenvalue weighted by atomic mass is 79.9. The van der Waals surface area contributed by atoms with Crippen LogP contribution in [0, 0.1) is 6.92 Å². The van der Waals surface area contributed by atoms with Gasteiger partial charge in [0, 0.05) is 15.3 Å². The first-order valence-corrected chi connectivity index (χ1v) is 7.06. The average Bonchev–Trinajstić information content (AvgIpc) is 2.28. The number of benzene rings is 1. The molecule has 0 bridgehead atoms. The van der Waals surface area contributed by atoms with Crippen LogP contribution in [0.3, 0.4) is 0 Å². The van der Waals surface area contributed by atoms with Gasteiger partial charge >= 0.3 is 0 Å². The molecule has 0 spiro atoms. The molecule has 2 nitrogen and oxygen atoms in total. The summed E-state index contributed by atoms with van der Waals surface area (Å²) in [5.41, 5.74) is 2.52. The zero-order valence-electron chi connectivity index (χ0n) is 11.6. The summed E-state index contributed by atoms with van der Waals surface area (Å²) in [5, 5.41) is 20.8. The van der Waals surface area contributed by atoms with Crippen molar-refractivity contribution in [1.29, 1.82) is 0 Å². The second-order valence-electron chi connectivity index (χ2n) is 6.48. The Morgan fingerprint density at radius 2 is 1.33 bits per heavy atom. The van der Waals surface area contributed by atoms with Crippen molar-refractivity contribution in [2.75, 3.05) is 0 Å². The summed E-state index contributed by atoms with van der Waals surface area (Å²) in [4.78, 5) is 0. The Hall–Kier alpha value is -0.380. The molecule has 2 atom stereocenters. The van der Waals surface area contributed by atoms with E-state index >= 15 is 0 Å². The maximum absolute atomic E-state index is 10.4. The van der Waals surface area contributed by atoms with Crippen molar-refractivity contribution in [3.8, 4) is 0 Å². The molecule has 100 valence electrons. The Kier molecular flexibility index (Phi) is 3.16. The first-order valence-electron chi connectivity index (χ1n) is 6.27. The van der Waals surface area contributed by atoms with Crippen molar-refractivity contribution in [3.05, 3.63) is 33.3 Å². The van der Waals surface area contributed by atoms with Gasteiger partial charge in [-0.1, -0.05) is 49.7 Å². The molecule has 18 heavy (non-hydrogen) atoms. The molecule has 1 aliphatic carbocycles. The van der Waals surface area contributed by atoms with E-state index in [0.29, 0.717) is 0 Å². The minimum absolute atomic E-state index is 0.435. The van der Waals surface area contributed by atoms with Crippen molar-refractivity contribution in [3.63, 3.8) is 0 Å². The molecule has 2 rings (SSSR count). The summed E-state index contributed by atoms with van der Waals surface area (Å²) in [6, 6.07) is 4.21. The third-order valence-corrected chi connectivity index (χ3v) is 5.32. The van der Waals surface area contributed by atoms with Gasteiger partial charge in [0.05, 0.1) is 12.2 Å². The summed E-state index contributed by atoms with van der Waals surface area (Å²) < 4.78 is 1.05. The third kappa shape index (κ3) is 1.75. The number of halogens is 1. The van der Waals surface area contributed by atoms with E-state index in [0.717, 1.165) is 21.2 Å². The fourth-order valence-corrected chi connectivity index (χ4v) is 3.20. The van der Waals surface area contributed by atoms with Gasteiger partial charge in [-0.25, -0.2) is 0 Å². The van der Waals surface area contributed by atoms with Gasteiger partial charge in [-0.15, -0.1) is 0 Å². The zero-order valence-corrected chi connectivity index (χ0v) is 13.2. The van der Waals surface area contributed by atoms with E-state index in [1.165, 1.54) is 0 Å². The lowest BCUT2D eigenvalue weighted by molar-refractivity contribution is -0.0673. The van der Waals surface area contributed by atoms with Crippen molar-refractivity contribution >= 4 is 15.9 Å². The average molecular weight is 313 g/mol. The zero-order chi connectivity index (χ0) is 13.9. The number of hydrogen-bond donors (Lipinski definition) is 2. The lowest BCUT2D eigenvalue weighted by atomic mass is 9.60. The number of hydrogen-bond acceptors (Lipinski definition) is 2. The molecule has 0 heterocycles. The van der Waals surface area contributed by atoms with Gasteiger partial charge in [-0.2, -0.15) is 0 Å². The van der Waals surface area contributed by atoms with Crippen LogP contribution >= 0.6 is 15.9 Å². The van der Waals surface area contributed by atoms with Crippen molar-refractivity contribution in [2.24, 2.45) is 0 Å². The molecular weight excluding hydrogens is 292 g/mol. The Labute approximate surface area is 117 Å². The van der Waals surface area contributed by atoms with Crippen LogP contribution in [0.2, 0.25) is 0 Å². The van der Waals surface area contributed by atoms with Gasteiger partial charge in [0.2, 0.25) is 0 Å². The highest BCUT2D eigenvalue weighted by Gasteiger charge is 2.50. The lowest BCUT2D eigenvalue weighted by Gasteiger charge is -2.49. The van der Waals surface area contributed by atoms with Gasteiger partial charge in [0.25, 0.3) is 0 Å². The van der Waals surface area contributed by atoms with Crippen LogP contribution < -0.4 is 0 Å². The molecule has 1 aromatic rings. The molecule has 3 heteroatoms. The molecule has 0 saturated carbocycles. The predicted molar refractivity (Wildman–Crippen MR) is 76.9 cm³/mol. The molecule has 1 aromatic carbocycles. The third-order valence-electron chi connectivity index (χ3n) is 4.47. The van der Waals surface area contributed by atoms with Crippen LogP contribution in [0.15, 0.2) is 16.6 Å². The van der Waals surface area contributed by atoms with Gasteiger partial charge in [0.15, 0.2) is 0 Å². The minimum atomic E-state index is -0.755. The standard InChI is InChI=1S/C15H21BrO2/c1-8-6-9-10(7-11(8)16)15(4,5)13(18)12(17)14(9,2)3/h6-7,12-13,17-18H,1-5H3/t12-,13-/m1/s1. The van der Waals surface area contributed by atoms with Crippen molar-refractivity contribution in [1.82, 2.24) is 0 Å². The fraction of sp³-hybridized carbons (Fsp3) is 0.600. The number of aliphatic hydroxyl groups is 2. The summed E-state index contributed by atoms with van der Waals surface area (Å²) in [7, 11) is 0. The molecule has 0 aromatic heterocycles. The van der Waals surface area contributed by atoms with Crippen LogP contribution in [-0.2, 0) is 10.8 Å².